The zero-order chi connectivity index (χ0) is 18.0. The fourth-order valence-corrected chi connectivity index (χ4v) is 2.84. The molecule has 0 bridgehead atoms. The number of hydrogen-bond donors (Lipinski definition) is 1. The second-order valence-electron chi connectivity index (χ2n) is 6.05. The largest absolute Gasteiger partial charge is 0.450 e. The van der Waals surface area contributed by atoms with Crippen molar-refractivity contribution < 1.29 is 18.7 Å². The van der Waals surface area contributed by atoms with Crippen molar-refractivity contribution in [3.05, 3.63) is 64.9 Å². The number of benzene rings is 2. The summed E-state index contributed by atoms with van der Waals surface area (Å²) in [4.78, 5) is 24.1. The van der Waals surface area contributed by atoms with Gasteiger partial charge in [0.25, 0.3) is 5.91 Å². The van der Waals surface area contributed by atoms with Gasteiger partial charge in [0.05, 0.1) is 0 Å². The van der Waals surface area contributed by atoms with Crippen LogP contribution in [-0.4, -0.2) is 18.5 Å². The van der Waals surface area contributed by atoms with E-state index in [1.54, 1.807) is 12.1 Å². The van der Waals surface area contributed by atoms with Gasteiger partial charge in [0, 0.05) is 11.1 Å². The van der Waals surface area contributed by atoms with Gasteiger partial charge in [0.1, 0.15) is 5.58 Å². The third kappa shape index (κ3) is 3.71. The first kappa shape index (κ1) is 16.8. The van der Waals surface area contributed by atoms with E-state index in [0.29, 0.717) is 5.58 Å². The number of aryl methyl sites for hydroxylation is 3. The van der Waals surface area contributed by atoms with Gasteiger partial charge in [-0.3, -0.25) is 4.79 Å². The predicted molar refractivity (Wildman–Crippen MR) is 95.8 cm³/mol. The number of hydrogen-bond acceptors (Lipinski definition) is 4. The lowest BCUT2D eigenvalue weighted by atomic mass is 10.1. The number of nitrogens with one attached hydrogen (secondary N) is 1. The van der Waals surface area contributed by atoms with E-state index in [0.717, 1.165) is 27.8 Å². The van der Waals surface area contributed by atoms with Crippen molar-refractivity contribution >= 4 is 28.5 Å². The Balaban J connectivity index is 1.63. The Kier molecular flexibility index (Phi) is 4.57. The molecule has 3 rings (SSSR count). The summed E-state index contributed by atoms with van der Waals surface area (Å²) in [6.45, 7) is 5.48. The predicted octanol–water partition coefficient (Wildman–Crippen LogP) is 4.15. The summed E-state index contributed by atoms with van der Waals surface area (Å²) in [7, 11) is 0. The van der Waals surface area contributed by atoms with E-state index in [4.69, 9.17) is 9.15 Å². The first-order chi connectivity index (χ1) is 11.9. The van der Waals surface area contributed by atoms with Crippen molar-refractivity contribution in [1.29, 1.82) is 0 Å². The van der Waals surface area contributed by atoms with Gasteiger partial charge in [-0.05, 0) is 44.0 Å². The molecule has 5 nitrogen and oxygen atoms in total. The fraction of sp³-hybridized carbons (Fsp3) is 0.200. The molecule has 0 aliphatic carbocycles. The van der Waals surface area contributed by atoms with E-state index in [1.807, 2.05) is 51.1 Å². The van der Waals surface area contributed by atoms with Crippen LogP contribution in [0.2, 0.25) is 0 Å². The number of para-hydroxylation sites is 1. The van der Waals surface area contributed by atoms with Crippen LogP contribution in [0.5, 0.6) is 0 Å². The fourth-order valence-electron chi connectivity index (χ4n) is 2.84. The molecule has 1 N–H and O–H groups in total. The topological polar surface area (TPSA) is 68.5 Å². The van der Waals surface area contributed by atoms with E-state index >= 15 is 0 Å². The maximum absolute atomic E-state index is 12.1. The van der Waals surface area contributed by atoms with Gasteiger partial charge in [0.2, 0.25) is 5.76 Å². The van der Waals surface area contributed by atoms with Crippen LogP contribution in [0.25, 0.3) is 11.0 Å². The second kappa shape index (κ2) is 6.81. The quantitative estimate of drug-likeness (QED) is 0.726. The first-order valence-corrected chi connectivity index (χ1v) is 7.97. The van der Waals surface area contributed by atoms with E-state index in [9.17, 15) is 9.59 Å². The molecule has 0 unspecified atom stereocenters. The van der Waals surface area contributed by atoms with Crippen LogP contribution in [-0.2, 0) is 9.53 Å². The molecule has 0 saturated heterocycles. The summed E-state index contributed by atoms with van der Waals surface area (Å²) in [6, 6.07) is 12.9. The lowest BCUT2D eigenvalue weighted by Crippen LogP contribution is -2.21. The lowest BCUT2D eigenvalue weighted by Gasteiger charge is -2.12. The number of rotatable bonds is 4. The van der Waals surface area contributed by atoms with Crippen LogP contribution in [0.1, 0.15) is 27.2 Å². The number of ether oxygens (including phenoxy) is 1. The van der Waals surface area contributed by atoms with Crippen LogP contribution >= 0.6 is 0 Å². The van der Waals surface area contributed by atoms with Crippen molar-refractivity contribution in [3.8, 4) is 0 Å². The second-order valence-corrected chi connectivity index (χ2v) is 6.05. The van der Waals surface area contributed by atoms with Crippen molar-refractivity contribution in [3.63, 3.8) is 0 Å². The summed E-state index contributed by atoms with van der Waals surface area (Å²) in [5, 5.41) is 3.60. The molecule has 25 heavy (non-hydrogen) atoms. The number of amides is 1. The highest BCUT2D eigenvalue weighted by Crippen LogP contribution is 2.22. The van der Waals surface area contributed by atoms with Crippen LogP contribution < -0.4 is 5.32 Å². The minimum atomic E-state index is -0.663. The number of fused-ring (bicyclic) bond motifs is 1. The summed E-state index contributed by atoms with van der Waals surface area (Å²) >= 11 is 0. The molecular weight excluding hydrogens is 318 g/mol. The molecule has 0 radical (unpaired) electrons. The number of furan rings is 1. The summed E-state index contributed by atoms with van der Waals surface area (Å²) < 4.78 is 10.5. The Labute approximate surface area is 145 Å². The van der Waals surface area contributed by atoms with E-state index in [2.05, 4.69) is 5.32 Å². The zero-order valence-electron chi connectivity index (χ0n) is 14.4. The third-order valence-corrected chi connectivity index (χ3v) is 3.90. The van der Waals surface area contributed by atoms with Crippen molar-refractivity contribution in [1.82, 2.24) is 0 Å². The molecular formula is C20H19NO4. The molecule has 1 aromatic heterocycles. The molecule has 0 aliphatic heterocycles. The van der Waals surface area contributed by atoms with E-state index in [-0.39, 0.29) is 18.3 Å². The number of carbonyl (C=O) groups excluding carboxylic acids is 2. The highest BCUT2D eigenvalue weighted by Gasteiger charge is 2.16. The summed E-state index contributed by atoms with van der Waals surface area (Å²) in [5.74, 6) is -0.972. The zero-order valence-corrected chi connectivity index (χ0v) is 14.4. The molecule has 1 heterocycles. The molecule has 0 atom stereocenters. The SMILES string of the molecule is Cc1cc(C)c(NC(=O)COC(=O)c2cc3ccccc3o2)c(C)c1. The van der Waals surface area contributed by atoms with Crippen LogP contribution in [0, 0.1) is 20.8 Å². The Morgan fingerprint density at radius 3 is 2.40 bits per heavy atom. The van der Waals surface area contributed by atoms with E-state index in [1.165, 1.54) is 0 Å². The Hall–Kier alpha value is -3.08. The first-order valence-electron chi connectivity index (χ1n) is 7.97. The molecule has 2 aromatic carbocycles. The molecule has 128 valence electrons. The van der Waals surface area contributed by atoms with Crippen LogP contribution in [0.4, 0.5) is 5.69 Å². The summed E-state index contributed by atoms with van der Waals surface area (Å²) in [6.07, 6.45) is 0. The van der Waals surface area contributed by atoms with Gasteiger partial charge >= 0.3 is 5.97 Å². The minimum absolute atomic E-state index is 0.0803. The molecule has 0 aliphatic rings. The highest BCUT2D eigenvalue weighted by atomic mass is 16.5. The number of anilines is 1. The van der Waals surface area contributed by atoms with E-state index < -0.39 is 5.97 Å². The van der Waals surface area contributed by atoms with Gasteiger partial charge in [-0.1, -0.05) is 35.9 Å². The maximum Gasteiger partial charge on any atom is 0.374 e. The average Bonchev–Trinajstić information content (AvgIpc) is 3.00. The highest BCUT2D eigenvalue weighted by molar-refractivity contribution is 5.97. The lowest BCUT2D eigenvalue weighted by molar-refractivity contribution is -0.119. The van der Waals surface area contributed by atoms with Gasteiger partial charge < -0.3 is 14.5 Å². The maximum atomic E-state index is 12.1. The number of carbonyl (C=O) groups is 2. The monoisotopic (exact) mass is 337 g/mol. The van der Waals surface area contributed by atoms with Crippen LogP contribution in [0.3, 0.4) is 0 Å². The molecule has 3 aromatic rings. The van der Waals surface area contributed by atoms with Gasteiger partial charge in [-0.25, -0.2) is 4.79 Å². The molecule has 5 heteroatoms. The van der Waals surface area contributed by atoms with Gasteiger partial charge in [-0.15, -0.1) is 0 Å². The normalized spacial score (nSPS) is 10.7. The third-order valence-electron chi connectivity index (χ3n) is 3.90. The Bertz CT molecular complexity index is 899. The minimum Gasteiger partial charge on any atom is -0.450 e. The smallest absolute Gasteiger partial charge is 0.374 e. The number of esters is 1. The van der Waals surface area contributed by atoms with Crippen molar-refractivity contribution in [2.75, 3.05) is 11.9 Å². The van der Waals surface area contributed by atoms with Gasteiger partial charge in [-0.2, -0.15) is 0 Å². The van der Waals surface area contributed by atoms with Crippen LogP contribution in [0.15, 0.2) is 46.9 Å². The standard InChI is InChI=1S/C20H19NO4/c1-12-8-13(2)19(14(3)9-12)21-18(22)11-24-20(23)17-10-15-6-4-5-7-16(15)25-17/h4-10H,11H2,1-3H3,(H,21,22). The Morgan fingerprint density at radius 1 is 1.04 bits per heavy atom. The van der Waals surface area contributed by atoms with Gasteiger partial charge in [0.15, 0.2) is 6.61 Å². The molecule has 0 saturated carbocycles. The summed E-state index contributed by atoms with van der Waals surface area (Å²) in [5.41, 5.74) is 4.41. The van der Waals surface area contributed by atoms with Crippen molar-refractivity contribution in [2.45, 2.75) is 20.8 Å². The van der Waals surface area contributed by atoms with Crippen molar-refractivity contribution in [2.24, 2.45) is 0 Å². The molecule has 0 fully saturated rings. The molecule has 0 spiro atoms. The molecule has 1 amide bonds. The average molecular weight is 337 g/mol. The Morgan fingerprint density at radius 2 is 1.72 bits per heavy atom.